The van der Waals surface area contributed by atoms with Gasteiger partial charge in [-0.15, -0.1) is 0 Å². The number of hydrogen-bond acceptors (Lipinski definition) is 7. The van der Waals surface area contributed by atoms with Crippen molar-refractivity contribution in [2.75, 3.05) is 27.2 Å². The maximum absolute atomic E-state index is 12.5. The molecule has 1 fully saturated rings. The summed E-state index contributed by atoms with van der Waals surface area (Å²) in [7, 11) is 2.99. The molecule has 3 rings (SSSR count). The Bertz CT molecular complexity index is 752. The largest absolute Gasteiger partial charge is 0.491 e. The summed E-state index contributed by atoms with van der Waals surface area (Å²) in [4.78, 5) is 32.7. The average molecular weight is 361 g/mol. The van der Waals surface area contributed by atoms with Crippen molar-refractivity contribution < 1.29 is 19.4 Å². The second-order valence-corrected chi connectivity index (χ2v) is 6.57. The molecular weight excluding hydrogens is 338 g/mol. The lowest BCUT2D eigenvalue weighted by molar-refractivity contribution is -0.136. The van der Waals surface area contributed by atoms with Crippen molar-refractivity contribution in [1.29, 1.82) is 0 Å². The molecule has 26 heavy (non-hydrogen) atoms. The molecular formula is C17H23N5O4. The minimum atomic E-state index is -0.885. The number of nitrogens with zero attached hydrogens (tertiary/aromatic N) is 4. The number of guanidine groups is 1. The van der Waals surface area contributed by atoms with E-state index in [1.807, 2.05) is 31.2 Å². The highest BCUT2D eigenvalue weighted by Gasteiger charge is 2.50. The van der Waals surface area contributed by atoms with Crippen LogP contribution in [0, 0.1) is 6.92 Å². The van der Waals surface area contributed by atoms with Gasteiger partial charge in [0.1, 0.15) is 18.5 Å². The Morgan fingerprint density at radius 3 is 2.77 bits per heavy atom. The fourth-order valence-electron chi connectivity index (χ4n) is 3.17. The molecule has 0 aromatic heterocycles. The van der Waals surface area contributed by atoms with Crippen LogP contribution in [-0.2, 0) is 4.79 Å². The van der Waals surface area contributed by atoms with Crippen LogP contribution in [0.3, 0.4) is 0 Å². The van der Waals surface area contributed by atoms with E-state index in [9.17, 15) is 14.7 Å². The lowest BCUT2D eigenvalue weighted by Crippen LogP contribution is -2.65. The summed E-state index contributed by atoms with van der Waals surface area (Å²) in [5, 5.41) is 10.3. The molecule has 9 heteroatoms. The Morgan fingerprint density at radius 1 is 1.35 bits per heavy atom. The summed E-state index contributed by atoms with van der Waals surface area (Å²) < 4.78 is 5.60. The van der Waals surface area contributed by atoms with Gasteiger partial charge in [0, 0.05) is 14.1 Å². The number of hydrogen-bond donors (Lipinski definition) is 2. The number of rotatable bonds is 5. The topological polar surface area (TPSA) is 112 Å². The third-order valence-electron chi connectivity index (χ3n) is 4.59. The van der Waals surface area contributed by atoms with Crippen molar-refractivity contribution in [3.63, 3.8) is 0 Å². The summed E-state index contributed by atoms with van der Waals surface area (Å²) in [6, 6.07) is 6.33. The zero-order valence-corrected chi connectivity index (χ0v) is 15.0. The molecule has 1 aromatic carbocycles. The van der Waals surface area contributed by atoms with Gasteiger partial charge in [0.2, 0.25) is 0 Å². The maximum atomic E-state index is 12.5. The molecule has 0 unspecified atom stereocenters. The number of aliphatic hydroxyl groups excluding tert-OH is 1. The molecule has 0 aliphatic carbocycles. The van der Waals surface area contributed by atoms with Crippen molar-refractivity contribution >= 4 is 17.9 Å². The van der Waals surface area contributed by atoms with Crippen molar-refractivity contribution in [3.05, 3.63) is 29.8 Å². The molecule has 2 heterocycles. The zero-order chi connectivity index (χ0) is 19.0. The van der Waals surface area contributed by atoms with Crippen LogP contribution in [0.15, 0.2) is 29.3 Å². The second-order valence-electron chi connectivity index (χ2n) is 6.57. The number of likely N-dealkylation sites (N-methyl/N-ethyl adjacent to an activating group) is 2. The Morgan fingerprint density at radius 2 is 2.08 bits per heavy atom. The van der Waals surface area contributed by atoms with Crippen LogP contribution in [0.2, 0.25) is 0 Å². The molecule has 2 aliphatic rings. The number of nitrogens with two attached hydrogens (primary N) is 1. The molecule has 0 spiro atoms. The second kappa shape index (κ2) is 6.83. The summed E-state index contributed by atoms with van der Waals surface area (Å²) >= 11 is 0. The number of imide groups is 1. The van der Waals surface area contributed by atoms with Gasteiger partial charge in [-0.05, 0) is 24.6 Å². The highest BCUT2D eigenvalue weighted by molar-refractivity contribution is 6.03. The standard InChI is InChI=1S/C17H23N5O4/c1-10-5-4-6-12(7-10)26-9-11(23)8-22-13-14(19-16(22)18)20(2)17(25)21(3)15(13)24/h4-7,11,13-14,23H,8-9H2,1-3H3,(H2,18,19)/t11-,13-,14-/m0/s1. The van der Waals surface area contributed by atoms with Gasteiger partial charge in [0.25, 0.3) is 5.91 Å². The van der Waals surface area contributed by atoms with Gasteiger partial charge in [-0.3, -0.25) is 9.69 Å². The molecule has 1 aromatic rings. The summed E-state index contributed by atoms with van der Waals surface area (Å²) in [5.41, 5.74) is 7.00. The van der Waals surface area contributed by atoms with Crippen LogP contribution >= 0.6 is 0 Å². The molecule has 2 aliphatic heterocycles. The highest BCUT2D eigenvalue weighted by atomic mass is 16.5. The van der Waals surface area contributed by atoms with E-state index in [0.29, 0.717) is 5.75 Å². The van der Waals surface area contributed by atoms with Crippen LogP contribution in [0.4, 0.5) is 4.79 Å². The van der Waals surface area contributed by atoms with Crippen molar-refractivity contribution in [2.45, 2.75) is 25.2 Å². The molecule has 0 radical (unpaired) electrons. The molecule has 3 amide bonds. The maximum Gasteiger partial charge on any atom is 0.328 e. The Hall–Kier alpha value is -2.81. The number of benzene rings is 1. The van der Waals surface area contributed by atoms with Gasteiger partial charge in [-0.25, -0.2) is 9.79 Å². The molecule has 0 saturated carbocycles. The number of carbonyl (C=O) groups is 2. The fourth-order valence-corrected chi connectivity index (χ4v) is 3.17. The quantitative estimate of drug-likeness (QED) is 0.737. The van der Waals surface area contributed by atoms with Crippen molar-refractivity contribution in [2.24, 2.45) is 10.7 Å². The first-order valence-electron chi connectivity index (χ1n) is 8.31. The van der Waals surface area contributed by atoms with Crippen LogP contribution < -0.4 is 10.5 Å². The monoisotopic (exact) mass is 361 g/mol. The van der Waals surface area contributed by atoms with Crippen LogP contribution in [0.25, 0.3) is 0 Å². The molecule has 3 atom stereocenters. The summed E-state index contributed by atoms with van der Waals surface area (Å²) in [5.74, 6) is 0.385. The van der Waals surface area contributed by atoms with Crippen molar-refractivity contribution in [1.82, 2.24) is 14.7 Å². The van der Waals surface area contributed by atoms with E-state index in [-0.39, 0.29) is 19.1 Å². The number of aliphatic imine (C=N–C) groups is 1. The fraction of sp³-hybridized carbons (Fsp3) is 0.471. The van der Waals surface area contributed by atoms with E-state index in [4.69, 9.17) is 10.5 Å². The first-order valence-corrected chi connectivity index (χ1v) is 8.31. The van der Waals surface area contributed by atoms with Crippen LogP contribution in [0.5, 0.6) is 5.75 Å². The third-order valence-corrected chi connectivity index (χ3v) is 4.59. The van der Waals surface area contributed by atoms with Gasteiger partial charge in [-0.1, -0.05) is 12.1 Å². The Kier molecular flexibility index (Phi) is 4.73. The lowest BCUT2D eigenvalue weighted by Gasteiger charge is -2.40. The summed E-state index contributed by atoms with van der Waals surface area (Å²) in [6.07, 6.45) is -1.57. The zero-order valence-electron chi connectivity index (χ0n) is 15.0. The predicted octanol–water partition coefficient (Wildman–Crippen LogP) is -0.416. The summed E-state index contributed by atoms with van der Waals surface area (Å²) in [6.45, 7) is 2.07. The molecule has 9 nitrogen and oxygen atoms in total. The first-order chi connectivity index (χ1) is 12.3. The van der Waals surface area contributed by atoms with E-state index in [2.05, 4.69) is 4.99 Å². The molecule has 0 bridgehead atoms. The number of urea groups is 1. The number of β-amino-alcohol motifs (C(OH)–C–C–N with tert-alkyl or cyclic N) is 1. The number of aliphatic hydroxyl groups is 1. The van der Waals surface area contributed by atoms with Gasteiger partial charge in [0.05, 0.1) is 6.54 Å². The number of amides is 3. The Labute approximate surface area is 151 Å². The highest BCUT2D eigenvalue weighted by Crippen LogP contribution is 2.26. The first kappa shape index (κ1) is 18.0. The average Bonchev–Trinajstić information content (AvgIpc) is 2.93. The normalized spacial score (nSPS) is 23.8. The van der Waals surface area contributed by atoms with Crippen LogP contribution in [0.1, 0.15) is 5.56 Å². The Balaban J connectivity index is 1.66. The minimum Gasteiger partial charge on any atom is -0.491 e. The van der Waals surface area contributed by atoms with Crippen molar-refractivity contribution in [3.8, 4) is 5.75 Å². The molecule has 140 valence electrons. The minimum absolute atomic E-state index is 0.0451. The van der Waals surface area contributed by atoms with Crippen LogP contribution in [-0.4, -0.2) is 83.3 Å². The number of carbonyl (C=O) groups excluding carboxylic acids is 2. The van der Waals surface area contributed by atoms with Gasteiger partial charge >= 0.3 is 6.03 Å². The smallest absolute Gasteiger partial charge is 0.328 e. The lowest BCUT2D eigenvalue weighted by atomic mass is 10.1. The molecule has 3 N–H and O–H groups in total. The number of aryl methyl sites for hydroxylation is 1. The van der Waals surface area contributed by atoms with Gasteiger partial charge in [0.15, 0.2) is 18.2 Å². The van der Waals surface area contributed by atoms with E-state index >= 15 is 0 Å². The van der Waals surface area contributed by atoms with E-state index in [1.165, 1.54) is 16.8 Å². The van der Waals surface area contributed by atoms with Gasteiger partial charge < -0.3 is 25.4 Å². The number of ether oxygens (including phenoxy) is 1. The van der Waals surface area contributed by atoms with Gasteiger partial charge in [-0.2, -0.15) is 0 Å². The third kappa shape index (κ3) is 3.17. The van der Waals surface area contributed by atoms with E-state index in [0.717, 1.165) is 10.5 Å². The SMILES string of the molecule is Cc1cccc(OC[C@@H](O)CN2C(N)=N[C@@H]3[C@H]2C(=O)N(C)C(=O)N3C)c1. The van der Waals surface area contributed by atoms with E-state index in [1.54, 1.807) is 7.05 Å². The van der Waals surface area contributed by atoms with E-state index < -0.39 is 30.2 Å². The molecule has 1 saturated heterocycles. The number of fused-ring (bicyclic) bond motifs is 1. The predicted molar refractivity (Wildman–Crippen MR) is 94.5 cm³/mol.